The zero-order valence-electron chi connectivity index (χ0n) is 10.9. The van der Waals surface area contributed by atoms with Gasteiger partial charge in [0.25, 0.3) is 5.91 Å². The largest absolute Gasteiger partial charge is 0.396 e. The highest BCUT2D eigenvalue weighted by Gasteiger charge is 2.27. The average molecular weight is 264 g/mol. The molecule has 1 unspecified atom stereocenters. The lowest BCUT2D eigenvalue weighted by Crippen LogP contribution is -2.44. The van der Waals surface area contributed by atoms with Crippen molar-refractivity contribution in [2.24, 2.45) is 5.84 Å². The summed E-state index contributed by atoms with van der Waals surface area (Å²) in [5.74, 6) is 5.25. The molecule has 19 heavy (non-hydrogen) atoms. The summed E-state index contributed by atoms with van der Waals surface area (Å²) < 4.78 is 0. The number of hydrogen-bond donors (Lipinski definition) is 3. The van der Waals surface area contributed by atoms with Crippen LogP contribution in [0.15, 0.2) is 18.3 Å². The highest BCUT2D eigenvalue weighted by atomic mass is 16.3. The number of carbonyl (C=O) groups is 1. The lowest BCUT2D eigenvalue weighted by Gasteiger charge is -2.35. The second-order valence-electron chi connectivity index (χ2n) is 4.73. The molecule has 2 rings (SSSR count). The van der Waals surface area contributed by atoms with Crippen LogP contribution >= 0.6 is 0 Å². The third-order valence-corrected chi connectivity index (χ3v) is 3.50. The molecule has 1 saturated heterocycles. The zero-order chi connectivity index (χ0) is 13.7. The molecule has 0 radical (unpaired) electrons. The van der Waals surface area contributed by atoms with Crippen LogP contribution in [-0.4, -0.2) is 40.1 Å². The highest BCUT2D eigenvalue weighted by Crippen LogP contribution is 2.21. The van der Waals surface area contributed by atoms with Crippen LogP contribution in [0.2, 0.25) is 0 Å². The number of likely N-dealkylation sites (tertiary alicyclic amines) is 1. The molecule has 1 aromatic rings. The average Bonchev–Trinajstić information content (AvgIpc) is 2.47. The van der Waals surface area contributed by atoms with Crippen LogP contribution in [0.3, 0.4) is 0 Å². The van der Waals surface area contributed by atoms with E-state index >= 15 is 0 Å². The van der Waals surface area contributed by atoms with Crippen LogP contribution in [0.4, 0.5) is 5.69 Å². The number of pyridine rings is 1. The van der Waals surface area contributed by atoms with Crippen molar-refractivity contribution in [1.29, 1.82) is 0 Å². The van der Waals surface area contributed by atoms with E-state index in [0.29, 0.717) is 17.8 Å². The van der Waals surface area contributed by atoms with Gasteiger partial charge in [-0.05, 0) is 37.8 Å². The molecule has 2 heterocycles. The molecule has 6 heteroatoms. The number of hydrogen-bond acceptors (Lipinski definition) is 5. The summed E-state index contributed by atoms with van der Waals surface area (Å²) in [5, 5.41) is 9.09. The summed E-state index contributed by atoms with van der Waals surface area (Å²) in [7, 11) is 0. The van der Waals surface area contributed by atoms with Gasteiger partial charge in [0.1, 0.15) is 5.69 Å². The summed E-state index contributed by atoms with van der Waals surface area (Å²) in [6, 6.07) is 3.47. The van der Waals surface area contributed by atoms with Gasteiger partial charge in [0, 0.05) is 25.4 Å². The Morgan fingerprint density at radius 1 is 1.58 bits per heavy atom. The Bertz CT molecular complexity index is 436. The van der Waals surface area contributed by atoms with E-state index < -0.39 is 0 Å². The number of carbonyl (C=O) groups excluding carboxylic acids is 1. The Labute approximate surface area is 112 Å². The molecule has 6 nitrogen and oxygen atoms in total. The number of nitrogen functional groups attached to an aromatic ring is 1. The van der Waals surface area contributed by atoms with Gasteiger partial charge in [-0.3, -0.25) is 15.6 Å². The van der Waals surface area contributed by atoms with Crippen molar-refractivity contribution < 1.29 is 9.90 Å². The van der Waals surface area contributed by atoms with E-state index in [2.05, 4.69) is 10.4 Å². The van der Waals surface area contributed by atoms with E-state index in [0.717, 1.165) is 25.8 Å². The first-order valence-electron chi connectivity index (χ1n) is 6.60. The van der Waals surface area contributed by atoms with Gasteiger partial charge in [-0.2, -0.15) is 0 Å². The monoisotopic (exact) mass is 264 g/mol. The van der Waals surface area contributed by atoms with Crippen molar-refractivity contribution in [1.82, 2.24) is 9.88 Å². The molecule has 0 aliphatic carbocycles. The Kier molecular flexibility index (Phi) is 4.70. The molecule has 104 valence electrons. The van der Waals surface area contributed by atoms with Crippen LogP contribution in [-0.2, 0) is 0 Å². The second-order valence-corrected chi connectivity index (χ2v) is 4.73. The topological polar surface area (TPSA) is 91.5 Å². The fourth-order valence-electron chi connectivity index (χ4n) is 2.50. The predicted molar refractivity (Wildman–Crippen MR) is 72.4 cm³/mol. The number of rotatable bonds is 4. The SMILES string of the molecule is NNc1ccnc(C(=O)N2CCCCC2CCO)c1. The van der Waals surface area contributed by atoms with Crippen LogP contribution in [0.5, 0.6) is 0 Å². The summed E-state index contributed by atoms with van der Waals surface area (Å²) in [6.45, 7) is 0.831. The molecule has 1 aliphatic rings. The first kappa shape index (κ1) is 13.8. The van der Waals surface area contributed by atoms with Gasteiger partial charge in [-0.15, -0.1) is 0 Å². The second kappa shape index (κ2) is 6.49. The maximum absolute atomic E-state index is 12.5. The molecule has 0 aromatic carbocycles. The smallest absolute Gasteiger partial charge is 0.272 e. The van der Waals surface area contributed by atoms with Crippen molar-refractivity contribution in [2.45, 2.75) is 31.7 Å². The number of amides is 1. The molecular formula is C13H20N4O2. The molecule has 1 amide bonds. The van der Waals surface area contributed by atoms with Crippen LogP contribution in [0.25, 0.3) is 0 Å². The number of nitrogens with one attached hydrogen (secondary N) is 1. The van der Waals surface area contributed by atoms with E-state index in [9.17, 15) is 4.79 Å². The van der Waals surface area contributed by atoms with Gasteiger partial charge in [0.05, 0.1) is 5.69 Å². The Balaban J connectivity index is 2.16. The molecular weight excluding hydrogens is 244 g/mol. The first-order valence-corrected chi connectivity index (χ1v) is 6.60. The number of piperidine rings is 1. The minimum atomic E-state index is -0.0877. The van der Waals surface area contributed by atoms with Crippen molar-refractivity contribution in [3.8, 4) is 0 Å². The minimum absolute atomic E-state index is 0.0877. The third kappa shape index (κ3) is 3.21. The van der Waals surface area contributed by atoms with Crippen LogP contribution in [0, 0.1) is 0 Å². The fraction of sp³-hybridized carbons (Fsp3) is 0.538. The Hall–Kier alpha value is -1.66. The summed E-state index contributed by atoms with van der Waals surface area (Å²) >= 11 is 0. The van der Waals surface area contributed by atoms with Crippen LogP contribution in [0.1, 0.15) is 36.2 Å². The number of nitrogens with zero attached hydrogens (tertiary/aromatic N) is 2. The van der Waals surface area contributed by atoms with E-state index in [1.54, 1.807) is 18.3 Å². The first-order chi connectivity index (χ1) is 9.26. The quantitative estimate of drug-likeness (QED) is 0.551. The number of anilines is 1. The van der Waals surface area contributed by atoms with E-state index in [1.165, 1.54) is 0 Å². The van der Waals surface area contributed by atoms with Crippen molar-refractivity contribution in [3.05, 3.63) is 24.0 Å². The number of nitrogens with two attached hydrogens (primary N) is 1. The van der Waals surface area contributed by atoms with Gasteiger partial charge in [-0.1, -0.05) is 0 Å². The Morgan fingerprint density at radius 3 is 3.16 bits per heavy atom. The lowest BCUT2D eigenvalue weighted by atomic mass is 9.99. The van der Waals surface area contributed by atoms with Crippen molar-refractivity contribution in [2.75, 3.05) is 18.6 Å². The maximum atomic E-state index is 12.5. The van der Waals surface area contributed by atoms with Gasteiger partial charge >= 0.3 is 0 Å². The molecule has 0 saturated carbocycles. The minimum Gasteiger partial charge on any atom is -0.396 e. The van der Waals surface area contributed by atoms with E-state index in [1.807, 2.05) is 4.90 Å². The van der Waals surface area contributed by atoms with Gasteiger partial charge in [0.2, 0.25) is 0 Å². The molecule has 1 fully saturated rings. The Morgan fingerprint density at radius 2 is 2.42 bits per heavy atom. The standard InChI is InChI=1S/C13H20N4O2/c14-16-10-4-6-15-12(9-10)13(19)17-7-2-1-3-11(17)5-8-18/h4,6,9,11,18H,1-3,5,7-8,14H2,(H,15,16). The van der Waals surface area contributed by atoms with Crippen molar-refractivity contribution in [3.63, 3.8) is 0 Å². The number of aromatic nitrogens is 1. The highest BCUT2D eigenvalue weighted by molar-refractivity contribution is 5.93. The normalized spacial score (nSPS) is 19.3. The zero-order valence-corrected chi connectivity index (χ0v) is 10.9. The van der Waals surface area contributed by atoms with Gasteiger partial charge < -0.3 is 15.4 Å². The maximum Gasteiger partial charge on any atom is 0.272 e. The summed E-state index contributed by atoms with van der Waals surface area (Å²) in [6.07, 6.45) is 5.24. The predicted octanol–water partition coefficient (Wildman–Crippen LogP) is 0.744. The van der Waals surface area contributed by atoms with Gasteiger partial charge in [-0.25, -0.2) is 0 Å². The fourth-order valence-corrected chi connectivity index (χ4v) is 2.50. The number of aliphatic hydroxyl groups is 1. The molecule has 1 atom stereocenters. The van der Waals surface area contributed by atoms with E-state index in [-0.39, 0.29) is 18.6 Å². The third-order valence-electron chi connectivity index (χ3n) is 3.50. The van der Waals surface area contributed by atoms with Gasteiger partial charge in [0.15, 0.2) is 0 Å². The molecule has 1 aromatic heterocycles. The number of aliphatic hydroxyl groups excluding tert-OH is 1. The van der Waals surface area contributed by atoms with Crippen LogP contribution < -0.4 is 11.3 Å². The molecule has 0 spiro atoms. The molecule has 0 bridgehead atoms. The summed E-state index contributed by atoms with van der Waals surface area (Å²) in [5.41, 5.74) is 3.56. The molecule has 1 aliphatic heterocycles. The van der Waals surface area contributed by atoms with Crippen molar-refractivity contribution >= 4 is 11.6 Å². The molecule has 4 N–H and O–H groups in total. The summed E-state index contributed by atoms with van der Waals surface area (Å²) in [4.78, 5) is 18.4. The number of hydrazine groups is 1. The lowest BCUT2D eigenvalue weighted by molar-refractivity contribution is 0.0568. The van der Waals surface area contributed by atoms with E-state index in [4.69, 9.17) is 10.9 Å².